The summed E-state index contributed by atoms with van der Waals surface area (Å²) in [5.41, 5.74) is 2.22. The Bertz CT molecular complexity index is 509. The van der Waals surface area contributed by atoms with Gasteiger partial charge in [0.2, 0.25) is 0 Å². The molecular weight excluding hydrogens is 216 g/mol. The first kappa shape index (κ1) is 11.3. The Morgan fingerprint density at radius 3 is 2.82 bits per heavy atom. The van der Waals surface area contributed by atoms with Crippen molar-refractivity contribution in [1.82, 2.24) is 9.97 Å². The van der Waals surface area contributed by atoms with E-state index >= 15 is 0 Å². The number of aromatic nitrogens is 2. The van der Waals surface area contributed by atoms with Gasteiger partial charge in [-0.2, -0.15) is 0 Å². The molecule has 0 bridgehead atoms. The molecule has 86 valence electrons. The minimum atomic E-state index is 0.393. The van der Waals surface area contributed by atoms with Crippen LogP contribution in [0, 0.1) is 6.92 Å². The Hall–Kier alpha value is -2.23. The van der Waals surface area contributed by atoms with Crippen LogP contribution in [0.1, 0.15) is 21.9 Å². The fourth-order valence-electron chi connectivity index (χ4n) is 1.38. The standard InChI is InChI=1S/C13H12N2O2/c1-10-3-2-4-12(15-10)9-17-13-6-5-11(8-16)14-7-13/h2-8H,9H2,1H3. The Balaban J connectivity index is 1.99. The zero-order valence-corrected chi connectivity index (χ0v) is 9.46. The molecule has 0 saturated carbocycles. The molecule has 2 aromatic heterocycles. The van der Waals surface area contributed by atoms with E-state index < -0.39 is 0 Å². The van der Waals surface area contributed by atoms with Crippen LogP contribution >= 0.6 is 0 Å². The van der Waals surface area contributed by atoms with E-state index in [0.717, 1.165) is 11.4 Å². The molecule has 2 aromatic rings. The molecular formula is C13H12N2O2. The van der Waals surface area contributed by atoms with Crippen molar-refractivity contribution in [2.45, 2.75) is 13.5 Å². The van der Waals surface area contributed by atoms with Crippen molar-refractivity contribution in [1.29, 1.82) is 0 Å². The molecule has 4 heteroatoms. The highest BCUT2D eigenvalue weighted by Gasteiger charge is 1.98. The maximum atomic E-state index is 10.4. The molecule has 0 saturated heterocycles. The number of pyridine rings is 2. The SMILES string of the molecule is Cc1cccc(COc2ccc(C=O)nc2)n1. The highest BCUT2D eigenvalue weighted by atomic mass is 16.5. The first-order valence-corrected chi connectivity index (χ1v) is 5.24. The van der Waals surface area contributed by atoms with E-state index in [1.165, 1.54) is 6.20 Å². The summed E-state index contributed by atoms with van der Waals surface area (Å²) in [4.78, 5) is 18.7. The van der Waals surface area contributed by atoms with Gasteiger partial charge in [0.05, 0.1) is 11.9 Å². The van der Waals surface area contributed by atoms with E-state index in [9.17, 15) is 4.79 Å². The molecule has 2 rings (SSSR count). The van der Waals surface area contributed by atoms with Gasteiger partial charge in [0.15, 0.2) is 6.29 Å². The molecule has 0 fully saturated rings. The average Bonchev–Trinajstić information content (AvgIpc) is 2.37. The molecule has 0 unspecified atom stereocenters. The Morgan fingerprint density at radius 2 is 2.18 bits per heavy atom. The number of aryl methyl sites for hydroxylation is 1. The van der Waals surface area contributed by atoms with E-state index in [0.29, 0.717) is 24.3 Å². The van der Waals surface area contributed by atoms with Crippen molar-refractivity contribution in [2.75, 3.05) is 0 Å². The van der Waals surface area contributed by atoms with Gasteiger partial charge in [-0.1, -0.05) is 6.07 Å². The van der Waals surface area contributed by atoms with Gasteiger partial charge in [-0.3, -0.25) is 9.78 Å². The van der Waals surface area contributed by atoms with Crippen LogP contribution in [0.25, 0.3) is 0 Å². The van der Waals surface area contributed by atoms with E-state index in [-0.39, 0.29) is 0 Å². The lowest BCUT2D eigenvalue weighted by molar-refractivity contribution is 0.111. The molecule has 0 aliphatic carbocycles. The normalized spacial score (nSPS) is 9.94. The quantitative estimate of drug-likeness (QED) is 0.752. The maximum Gasteiger partial charge on any atom is 0.168 e. The molecule has 17 heavy (non-hydrogen) atoms. The molecule has 2 heterocycles. The molecule has 0 aliphatic rings. The first-order chi connectivity index (χ1) is 8.28. The van der Waals surface area contributed by atoms with Crippen LogP contribution in [0.3, 0.4) is 0 Å². The molecule has 0 N–H and O–H groups in total. The number of aldehydes is 1. The topological polar surface area (TPSA) is 52.1 Å². The lowest BCUT2D eigenvalue weighted by atomic mass is 10.3. The average molecular weight is 228 g/mol. The van der Waals surface area contributed by atoms with Crippen LogP contribution in [0.15, 0.2) is 36.5 Å². The highest BCUT2D eigenvalue weighted by Crippen LogP contribution is 2.10. The largest absolute Gasteiger partial charge is 0.486 e. The fraction of sp³-hybridized carbons (Fsp3) is 0.154. The van der Waals surface area contributed by atoms with Crippen LogP contribution in [-0.4, -0.2) is 16.3 Å². The van der Waals surface area contributed by atoms with Gasteiger partial charge in [-0.15, -0.1) is 0 Å². The smallest absolute Gasteiger partial charge is 0.168 e. The van der Waals surface area contributed by atoms with Crippen molar-refractivity contribution < 1.29 is 9.53 Å². The van der Waals surface area contributed by atoms with Gasteiger partial charge < -0.3 is 4.74 Å². The van der Waals surface area contributed by atoms with Gasteiger partial charge >= 0.3 is 0 Å². The van der Waals surface area contributed by atoms with Crippen molar-refractivity contribution in [3.8, 4) is 5.75 Å². The molecule has 4 nitrogen and oxygen atoms in total. The molecule has 0 atom stereocenters. The summed E-state index contributed by atoms with van der Waals surface area (Å²) >= 11 is 0. The maximum absolute atomic E-state index is 10.4. The van der Waals surface area contributed by atoms with Gasteiger partial charge in [0.25, 0.3) is 0 Å². The van der Waals surface area contributed by atoms with Gasteiger partial charge in [-0.25, -0.2) is 4.98 Å². The summed E-state index contributed by atoms with van der Waals surface area (Å²) in [6.45, 7) is 2.33. The van der Waals surface area contributed by atoms with Crippen LogP contribution in [0.2, 0.25) is 0 Å². The van der Waals surface area contributed by atoms with Gasteiger partial charge in [0.1, 0.15) is 18.1 Å². The van der Waals surface area contributed by atoms with Crippen LogP contribution < -0.4 is 4.74 Å². The molecule has 0 amide bonds. The molecule has 0 radical (unpaired) electrons. The summed E-state index contributed by atoms with van der Waals surface area (Å²) in [5.74, 6) is 0.624. The second kappa shape index (κ2) is 5.21. The van der Waals surface area contributed by atoms with Crippen molar-refractivity contribution >= 4 is 6.29 Å². The minimum Gasteiger partial charge on any atom is -0.486 e. The fourth-order valence-corrected chi connectivity index (χ4v) is 1.38. The van der Waals surface area contributed by atoms with E-state index in [1.807, 2.05) is 25.1 Å². The van der Waals surface area contributed by atoms with Gasteiger partial charge in [0, 0.05) is 5.69 Å². The summed E-state index contributed by atoms with van der Waals surface area (Å²) in [6.07, 6.45) is 2.23. The lowest BCUT2D eigenvalue weighted by Gasteiger charge is -2.05. The Kier molecular flexibility index (Phi) is 3.45. The summed E-state index contributed by atoms with van der Waals surface area (Å²) in [6, 6.07) is 9.11. The van der Waals surface area contributed by atoms with Crippen LogP contribution in [-0.2, 0) is 6.61 Å². The number of carbonyl (C=O) groups is 1. The van der Waals surface area contributed by atoms with Crippen LogP contribution in [0.5, 0.6) is 5.75 Å². The molecule has 0 aliphatic heterocycles. The Morgan fingerprint density at radius 1 is 1.29 bits per heavy atom. The third-order valence-electron chi connectivity index (χ3n) is 2.21. The zero-order chi connectivity index (χ0) is 12.1. The second-order valence-electron chi connectivity index (χ2n) is 3.60. The number of ether oxygens (including phenoxy) is 1. The third kappa shape index (κ3) is 3.11. The first-order valence-electron chi connectivity index (χ1n) is 5.24. The van der Waals surface area contributed by atoms with Crippen molar-refractivity contribution in [2.24, 2.45) is 0 Å². The number of nitrogens with zero attached hydrogens (tertiary/aromatic N) is 2. The number of hydrogen-bond donors (Lipinski definition) is 0. The van der Waals surface area contributed by atoms with Crippen molar-refractivity contribution in [3.63, 3.8) is 0 Å². The summed E-state index contributed by atoms with van der Waals surface area (Å²) < 4.78 is 5.51. The molecule has 0 aromatic carbocycles. The van der Waals surface area contributed by atoms with E-state index in [2.05, 4.69) is 9.97 Å². The zero-order valence-electron chi connectivity index (χ0n) is 9.46. The number of rotatable bonds is 4. The van der Waals surface area contributed by atoms with Crippen molar-refractivity contribution in [3.05, 3.63) is 53.6 Å². The summed E-state index contributed by atoms with van der Waals surface area (Å²) in [5, 5.41) is 0. The van der Waals surface area contributed by atoms with Gasteiger partial charge in [-0.05, 0) is 31.2 Å². The van der Waals surface area contributed by atoms with E-state index in [4.69, 9.17) is 4.74 Å². The van der Waals surface area contributed by atoms with Crippen LogP contribution in [0.4, 0.5) is 0 Å². The monoisotopic (exact) mass is 228 g/mol. The predicted octanol–water partition coefficient (Wildman–Crippen LogP) is 2.18. The highest BCUT2D eigenvalue weighted by molar-refractivity contribution is 5.71. The predicted molar refractivity (Wildman–Crippen MR) is 62.9 cm³/mol. The minimum absolute atomic E-state index is 0.393. The lowest BCUT2D eigenvalue weighted by Crippen LogP contribution is -1.99. The number of carbonyl (C=O) groups excluding carboxylic acids is 1. The second-order valence-corrected chi connectivity index (χ2v) is 3.60. The Labute approximate surface area is 99.3 Å². The number of hydrogen-bond acceptors (Lipinski definition) is 4. The third-order valence-corrected chi connectivity index (χ3v) is 2.21. The molecule has 0 spiro atoms. The van der Waals surface area contributed by atoms with E-state index in [1.54, 1.807) is 12.1 Å². The summed E-state index contributed by atoms with van der Waals surface area (Å²) in [7, 11) is 0.